The van der Waals surface area contributed by atoms with Gasteiger partial charge in [-0.15, -0.1) is 0 Å². The van der Waals surface area contributed by atoms with Crippen molar-refractivity contribution in [3.05, 3.63) is 93.0 Å². The van der Waals surface area contributed by atoms with E-state index in [-0.39, 0.29) is 17.2 Å². The van der Waals surface area contributed by atoms with E-state index < -0.39 is 17.3 Å². The van der Waals surface area contributed by atoms with Crippen LogP contribution < -0.4 is 4.74 Å². The summed E-state index contributed by atoms with van der Waals surface area (Å²) in [5.41, 5.74) is 2.90. The van der Waals surface area contributed by atoms with E-state index in [4.69, 9.17) is 4.74 Å². The van der Waals surface area contributed by atoms with Gasteiger partial charge in [-0.05, 0) is 31.5 Å². The highest BCUT2D eigenvalue weighted by Crippen LogP contribution is 2.28. The van der Waals surface area contributed by atoms with Gasteiger partial charge >= 0.3 is 5.69 Å². The molecular weight excluding hydrogens is 363 g/mol. The van der Waals surface area contributed by atoms with E-state index in [9.17, 15) is 19.3 Å². The molecule has 0 radical (unpaired) electrons. The average molecular weight is 382 g/mol. The van der Waals surface area contributed by atoms with Crippen LogP contribution in [0.1, 0.15) is 27.3 Å². The number of hydrogen-bond donors (Lipinski definition) is 0. The number of carbonyl (C=O) groups is 1. The molecule has 0 atom stereocenters. The second-order valence-electron chi connectivity index (χ2n) is 6.44. The van der Waals surface area contributed by atoms with Crippen LogP contribution in [-0.4, -0.2) is 21.9 Å². The number of ether oxygens (including phenoxy) is 1. The molecule has 0 bridgehead atoms. The predicted molar refractivity (Wildman–Crippen MR) is 102 cm³/mol. The molecule has 0 aliphatic heterocycles. The van der Waals surface area contributed by atoms with Crippen LogP contribution in [0.25, 0.3) is 0 Å². The molecule has 0 saturated heterocycles. The molecule has 144 valence electrons. The fraction of sp³-hybridized carbons (Fsp3) is 0.190. The normalized spacial score (nSPS) is 10.7. The highest BCUT2D eigenvalue weighted by atomic mass is 19.1. The third-order valence-electron chi connectivity index (χ3n) is 4.53. The summed E-state index contributed by atoms with van der Waals surface area (Å²) in [4.78, 5) is 23.0. The summed E-state index contributed by atoms with van der Waals surface area (Å²) in [6, 6.07) is 14.5. The van der Waals surface area contributed by atoms with Crippen LogP contribution in [0.5, 0.6) is 5.75 Å². The molecule has 0 unspecified atom stereocenters. The van der Waals surface area contributed by atoms with Gasteiger partial charge in [0.1, 0.15) is 5.82 Å². The van der Waals surface area contributed by atoms with Crippen molar-refractivity contribution in [2.24, 2.45) is 0 Å². The Bertz CT molecular complexity index is 1030. The number of halogens is 1. The van der Waals surface area contributed by atoms with Crippen LogP contribution in [0.15, 0.2) is 54.6 Å². The lowest BCUT2D eigenvalue weighted by Crippen LogP contribution is -2.14. The molecule has 28 heavy (non-hydrogen) atoms. The third kappa shape index (κ3) is 4.09. The van der Waals surface area contributed by atoms with Gasteiger partial charge < -0.3 is 9.30 Å². The van der Waals surface area contributed by atoms with Crippen molar-refractivity contribution in [1.82, 2.24) is 4.57 Å². The van der Waals surface area contributed by atoms with Gasteiger partial charge in [0.05, 0.1) is 4.92 Å². The number of ketones is 1. The van der Waals surface area contributed by atoms with Crippen molar-refractivity contribution in [2.75, 3.05) is 6.61 Å². The van der Waals surface area contributed by atoms with Gasteiger partial charge in [0.25, 0.3) is 0 Å². The maximum atomic E-state index is 13.4. The third-order valence-corrected chi connectivity index (χ3v) is 4.53. The summed E-state index contributed by atoms with van der Waals surface area (Å²) in [5.74, 6) is -1.27. The molecule has 0 amide bonds. The summed E-state index contributed by atoms with van der Waals surface area (Å²) in [6.45, 7) is 3.96. The molecule has 0 N–H and O–H groups in total. The van der Waals surface area contributed by atoms with Crippen LogP contribution in [0.2, 0.25) is 0 Å². The Morgan fingerprint density at radius 2 is 1.86 bits per heavy atom. The number of rotatable bonds is 7. The Morgan fingerprint density at radius 1 is 1.14 bits per heavy atom. The van der Waals surface area contributed by atoms with E-state index in [1.165, 1.54) is 0 Å². The Morgan fingerprint density at radius 3 is 2.54 bits per heavy atom. The molecule has 3 rings (SSSR count). The quantitative estimate of drug-likeness (QED) is 0.343. The summed E-state index contributed by atoms with van der Waals surface area (Å²) in [5, 5.41) is 11.0. The highest BCUT2D eigenvalue weighted by Gasteiger charge is 2.20. The minimum Gasteiger partial charge on any atom is -0.478 e. The van der Waals surface area contributed by atoms with Crippen molar-refractivity contribution in [2.45, 2.75) is 20.4 Å². The fourth-order valence-corrected chi connectivity index (χ4v) is 3.07. The standard InChI is InChI=1S/C21H19FN2O4/c1-14-10-18(15(2)23(14)12-16-6-4-3-5-7-16)20(25)13-28-21-11-17(22)8-9-19(21)24(26)27/h3-11H,12-13H2,1-2H3. The Labute approximate surface area is 161 Å². The van der Waals surface area contributed by atoms with Crippen LogP contribution >= 0.6 is 0 Å². The first kappa shape index (κ1) is 19.3. The maximum absolute atomic E-state index is 13.4. The van der Waals surface area contributed by atoms with Crippen molar-refractivity contribution in [3.63, 3.8) is 0 Å². The van der Waals surface area contributed by atoms with Crippen molar-refractivity contribution in [3.8, 4) is 5.75 Å². The van der Waals surface area contributed by atoms with Gasteiger partial charge in [0.15, 0.2) is 12.4 Å². The predicted octanol–water partition coefficient (Wildman–Crippen LogP) is 4.46. The molecule has 0 spiro atoms. The van der Waals surface area contributed by atoms with Crippen molar-refractivity contribution >= 4 is 11.5 Å². The van der Waals surface area contributed by atoms with Gasteiger partial charge in [-0.3, -0.25) is 14.9 Å². The number of nitro groups is 1. The number of nitrogens with zero attached hydrogens (tertiary/aromatic N) is 2. The number of benzene rings is 2. The number of hydrogen-bond acceptors (Lipinski definition) is 4. The lowest BCUT2D eigenvalue weighted by Gasteiger charge is -2.10. The van der Waals surface area contributed by atoms with Crippen LogP contribution in [0.3, 0.4) is 0 Å². The summed E-state index contributed by atoms with van der Waals surface area (Å²) in [6.07, 6.45) is 0. The molecule has 0 fully saturated rings. The van der Waals surface area contributed by atoms with E-state index in [0.29, 0.717) is 12.1 Å². The van der Waals surface area contributed by atoms with Gasteiger partial charge in [0.2, 0.25) is 5.78 Å². The van der Waals surface area contributed by atoms with Crippen molar-refractivity contribution < 1.29 is 18.8 Å². The molecule has 6 nitrogen and oxygen atoms in total. The maximum Gasteiger partial charge on any atom is 0.311 e. The number of aromatic nitrogens is 1. The second kappa shape index (κ2) is 8.04. The minimum absolute atomic E-state index is 0.267. The molecule has 2 aromatic carbocycles. The Kier molecular flexibility index (Phi) is 5.54. The van der Waals surface area contributed by atoms with E-state index in [2.05, 4.69) is 0 Å². The van der Waals surface area contributed by atoms with Crippen LogP contribution in [0, 0.1) is 29.8 Å². The summed E-state index contributed by atoms with van der Waals surface area (Å²) in [7, 11) is 0. The lowest BCUT2D eigenvalue weighted by atomic mass is 10.1. The first-order chi connectivity index (χ1) is 13.4. The summed E-state index contributed by atoms with van der Waals surface area (Å²) >= 11 is 0. The molecule has 0 saturated carbocycles. The van der Waals surface area contributed by atoms with Crippen LogP contribution in [-0.2, 0) is 6.54 Å². The molecule has 0 aliphatic rings. The van der Waals surface area contributed by atoms with E-state index in [1.807, 2.05) is 48.7 Å². The highest BCUT2D eigenvalue weighted by molar-refractivity contribution is 5.98. The number of nitro benzene ring substituents is 1. The zero-order valence-electron chi connectivity index (χ0n) is 15.5. The number of aryl methyl sites for hydroxylation is 1. The number of carbonyl (C=O) groups excluding carboxylic acids is 1. The monoisotopic (exact) mass is 382 g/mol. The zero-order chi connectivity index (χ0) is 20.3. The Hall–Kier alpha value is -3.48. The van der Waals surface area contributed by atoms with Gasteiger partial charge in [-0.25, -0.2) is 4.39 Å². The smallest absolute Gasteiger partial charge is 0.311 e. The molecular formula is C21H19FN2O4. The molecule has 1 aromatic heterocycles. The van der Waals surface area contributed by atoms with Crippen molar-refractivity contribution in [1.29, 1.82) is 0 Å². The second-order valence-corrected chi connectivity index (χ2v) is 6.44. The number of Topliss-reactive ketones (excluding diaryl/α,β-unsaturated/α-hetero) is 1. The first-order valence-corrected chi connectivity index (χ1v) is 8.67. The largest absolute Gasteiger partial charge is 0.478 e. The topological polar surface area (TPSA) is 74.4 Å². The van der Waals surface area contributed by atoms with E-state index in [1.54, 1.807) is 6.07 Å². The molecule has 3 aromatic rings. The van der Waals surface area contributed by atoms with Gasteiger partial charge in [-0.2, -0.15) is 0 Å². The molecule has 7 heteroatoms. The Balaban J connectivity index is 1.78. The fourth-order valence-electron chi connectivity index (χ4n) is 3.07. The lowest BCUT2D eigenvalue weighted by molar-refractivity contribution is -0.385. The van der Waals surface area contributed by atoms with Crippen LogP contribution in [0.4, 0.5) is 10.1 Å². The molecule has 1 heterocycles. The summed E-state index contributed by atoms with van der Waals surface area (Å²) < 4.78 is 20.7. The van der Waals surface area contributed by atoms with E-state index >= 15 is 0 Å². The SMILES string of the molecule is Cc1cc(C(=O)COc2cc(F)ccc2[N+](=O)[O-])c(C)n1Cc1ccccc1. The van der Waals surface area contributed by atoms with E-state index in [0.717, 1.165) is 35.2 Å². The average Bonchev–Trinajstić information content (AvgIpc) is 2.95. The first-order valence-electron chi connectivity index (χ1n) is 8.67. The van der Waals surface area contributed by atoms with Gasteiger partial charge in [-0.1, -0.05) is 30.3 Å². The zero-order valence-corrected chi connectivity index (χ0v) is 15.5. The molecule has 0 aliphatic carbocycles. The van der Waals surface area contributed by atoms with Gasteiger partial charge in [0, 0.05) is 35.6 Å². The minimum atomic E-state index is -0.676.